The van der Waals surface area contributed by atoms with Gasteiger partial charge in [-0.1, -0.05) is 37.5 Å². The maximum absolute atomic E-state index is 6.17. The number of hydrogen-bond donors (Lipinski definition) is 1. The van der Waals surface area contributed by atoms with Crippen molar-refractivity contribution in [2.45, 2.75) is 38.2 Å². The van der Waals surface area contributed by atoms with Crippen LogP contribution in [-0.2, 0) is 0 Å². The van der Waals surface area contributed by atoms with Gasteiger partial charge in [-0.3, -0.25) is 0 Å². The summed E-state index contributed by atoms with van der Waals surface area (Å²) in [6.45, 7) is 0.601. The van der Waals surface area contributed by atoms with Crippen LogP contribution in [0.4, 0.5) is 0 Å². The standard InChI is InChI=1S/C16H21NO/c17-11-13-10-16(12-6-2-1-3-7-12)18-15-9-5-4-8-14(13)15/h4-5,8-10,12,16H,1-3,6-7,11,17H2. The van der Waals surface area contributed by atoms with E-state index in [4.69, 9.17) is 10.5 Å². The monoisotopic (exact) mass is 243 g/mol. The van der Waals surface area contributed by atoms with Crippen LogP contribution in [0.5, 0.6) is 5.75 Å². The highest BCUT2D eigenvalue weighted by Gasteiger charge is 2.27. The highest BCUT2D eigenvalue weighted by atomic mass is 16.5. The highest BCUT2D eigenvalue weighted by molar-refractivity contribution is 5.73. The van der Waals surface area contributed by atoms with E-state index in [-0.39, 0.29) is 6.10 Å². The van der Waals surface area contributed by atoms with Gasteiger partial charge >= 0.3 is 0 Å². The predicted octanol–water partition coefficient (Wildman–Crippen LogP) is 3.37. The molecule has 0 aromatic heterocycles. The van der Waals surface area contributed by atoms with Crippen molar-refractivity contribution in [3.63, 3.8) is 0 Å². The maximum Gasteiger partial charge on any atom is 0.127 e. The third-order valence-corrected chi connectivity index (χ3v) is 4.20. The number of para-hydroxylation sites is 1. The first kappa shape index (κ1) is 11.8. The van der Waals surface area contributed by atoms with Gasteiger partial charge in [-0.15, -0.1) is 0 Å². The highest BCUT2D eigenvalue weighted by Crippen LogP contribution is 2.37. The summed E-state index contributed by atoms with van der Waals surface area (Å²) in [5.41, 5.74) is 8.30. The van der Waals surface area contributed by atoms with Gasteiger partial charge in [0.25, 0.3) is 0 Å². The Labute approximate surface area is 109 Å². The van der Waals surface area contributed by atoms with Crippen LogP contribution < -0.4 is 10.5 Å². The summed E-state index contributed by atoms with van der Waals surface area (Å²) >= 11 is 0. The Morgan fingerprint density at radius 1 is 1.11 bits per heavy atom. The molecule has 2 N–H and O–H groups in total. The molecule has 0 spiro atoms. The lowest BCUT2D eigenvalue weighted by atomic mass is 9.83. The van der Waals surface area contributed by atoms with Crippen molar-refractivity contribution in [2.75, 3.05) is 6.54 Å². The largest absolute Gasteiger partial charge is 0.485 e. The van der Waals surface area contributed by atoms with E-state index in [1.807, 2.05) is 12.1 Å². The first-order chi connectivity index (χ1) is 8.88. The first-order valence-electron chi connectivity index (χ1n) is 7.05. The third kappa shape index (κ3) is 2.17. The Balaban J connectivity index is 1.87. The van der Waals surface area contributed by atoms with Crippen molar-refractivity contribution in [2.24, 2.45) is 11.7 Å². The van der Waals surface area contributed by atoms with Crippen LogP contribution in [0.2, 0.25) is 0 Å². The van der Waals surface area contributed by atoms with Gasteiger partial charge in [0.05, 0.1) is 0 Å². The summed E-state index contributed by atoms with van der Waals surface area (Å²) in [7, 11) is 0. The molecule has 1 fully saturated rings. The fraction of sp³-hybridized carbons (Fsp3) is 0.500. The van der Waals surface area contributed by atoms with Crippen molar-refractivity contribution in [1.29, 1.82) is 0 Å². The minimum atomic E-state index is 0.235. The Hall–Kier alpha value is -1.28. The fourth-order valence-electron chi connectivity index (χ4n) is 3.18. The smallest absolute Gasteiger partial charge is 0.127 e. The lowest BCUT2D eigenvalue weighted by molar-refractivity contribution is 0.144. The molecule has 0 amide bonds. The van der Waals surface area contributed by atoms with Crippen LogP contribution in [0.15, 0.2) is 30.3 Å². The van der Waals surface area contributed by atoms with Gasteiger partial charge in [-0.2, -0.15) is 0 Å². The number of nitrogens with two attached hydrogens (primary N) is 1. The number of rotatable bonds is 2. The summed E-state index contributed by atoms with van der Waals surface area (Å²) in [4.78, 5) is 0. The Kier molecular flexibility index (Phi) is 3.37. The van der Waals surface area contributed by atoms with Crippen molar-refractivity contribution >= 4 is 5.57 Å². The van der Waals surface area contributed by atoms with E-state index in [0.717, 1.165) is 5.75 Å². The molecule has 0 radical (unpaired) electrons. The van der Waals surface area contributed by atoms with Crippen LogP contribution in [0.1, 0.15) is 37.7 Å². The molecule has 1 unspecified atom stereocenters. The summed E-state index contributed by atoms with van der Waals surface area (Å²) < 4.78 is 6.17. The quantitative estimate of drug-likeness (QED) is 0.864. The van der Waals surface area contributed by atoms with Crippen molar-refractivity contribution in [3.05, 3.63) is 35.9 Å². The molecule has 1 aliphatic heterocycles. The predicted molar refractivity (Wildman–Crippen MR) is 74.5 cm³/mol. The Morgan fingerprint density at radius 2 is 1.89 bits per heavy atom. The molecule has 3 rings (SSSR count). The van der Waals surface area contributed by atoms with Crippen molar-refractivity contribution in [3.8, 4) is 5.75 Å². The summed E-state index contributed by atoms with van der Waals surface area (Å²) in [5, 5.41) is 0. The molecule has 1 aromatic carbocycles. The third-order valence-electron chi connectivity index (χ3n) is 4.20. The molecular formula is C16H21NO. The molecule has 18 heavy (non-hydrogen) atoms. The van der Waals surface area contributed by atoms with Gasteiger partial charge in [0.1, 0.15) is 11.9 Å². The topological polar surface area (TPSA) is 35.2 Å². The molecule has 1 heterocycles. The normalized spacial score (nSPS) is 24.1. The van der Waals surface area contributed by atoms with E-state index in [2.05, 4.69) is 18.2 Å². The van der Waals surface area contributed by atoms with Gasteiger partial charge < -0.3 is 10.5 Å². The fourth-order valence-corrected chi connectivity index (χ4v) is 3.18. The number of ether oxygens (including phenoxy) is 1. The van der Waals surface area contributed by atoms with Gasteiger partial charge in [-0.25, -0.2) is 0 Å². The van der Waals surface area contributed by atoms with E-state index in [9.17, 15) is 0 Å². The van der Waals surface area contributed by atoms with Gasteiger partial charge in [0.2, 0.25) is 0 Å². The number of fused-ring (bicyclic) bond motifs is 1. The molecule has 2 nitrogen and oxygen atoms in total. The zero-order valence-corrected chi connectivity index (χ0v) is 10.8. The van der Waals surface area contributed by atoms with Crippen LogP contribution in [0.3, 0.4) is 0 Å². The molecule has 96 valence electrons. The molecule has 2 aliphatic rings. The van der Waals surface area contributed by atoms with Crippen LogP contribution in [0, 0.1) is 5.92 Å². The zero-order chi connectivity index (χ0) is 12.4. The summed E-state index contributed by atoms with van der Waals surface area (Å²) in [6.07, 6.45) is 9.16. The molecular weight excluding hydrogens is 222 g/mol. The van der Waals surface area contributed by atoms with Gasteiger partial charge in [0.15, 0.2) is 0 Å². The first-order valence-corrected chi connectivity index (χ1v) is 7.05. The van der Waals surface area contributed by atoms with E-state index in [0.29, 0.717) is 12.5 Å². The summed E-state index contributed by atoms with van der Waals surface area (Å²) in [6, 6.07) is 8.25. The SMILES string of the molecule is NCC1=CC(C2CCCCC2)Oc2ccccc21. The van der Waals surface area contributed by atoms with Crippen LogP contribution >= 0.6 is 0 Å². The van der Waals surface area contributed by atoms with Crippen LogP contribution in [0.25, 0.3) is 5.57 Å². The zero-order valence-electron chi connectivity index (χ0n) is 10.8. The average molecular weight is 243 g/mol. The van der Waals surface area contributed by atoms with E-state index >= 15 is 0 Å². The second kappa shape index (κ2) is 5.15. The van der Waals surface area contributed by atoms with Crippen molar-refractivity contribution in [1.82, 2.24) is 0 Å². The summed E-state index contributed by atoms with van der Waals surface area (Å²) in [5.74, 6) is 1.68. The second-order valence-corrected chi connectivity index (χ2v) is 5.37. The Morgan fingerprint density at radius 3 is 2.67 bits per heavy atom. The second-order valence-electron chi connectivity index (χ2n) is 5.37. The van der Waals surface area contributed by atoms with Gasteiger partial charge in [-0.05, 0) is 36.5 Å². The molecule has 2 heteroatoms. The number of hydrogen-bond acceptors (Lipinski definition) is 2. The van der Waals surface area contributed by atoms with E-state index < -0.39 is 0 Å². The molecule has 1 saturated carbocycles. The minimum Gasteiger partial charge on any atom is -0.485 e. The molecule has 0 bridgehead atoms. The molecule has 1 atom stereocenters. The van der Waals surface area contributed by atoms with Gasteiger partial charge in [0, 0.05) is 12.1 Å². The molecule has 0 saturated heterocycles. The van der Waals surface area contributed by atoms with Crippen LogP contribution in [-0.4, -0.2) is 12.6 Å². The minimum absolute atomic E-state index is 0.235. The van der Waals surface area contributed by atoms with E-state index in [1.54, 1.807) is 0 Å². The molecule has 1 aromatic rings. The number of benzene rings is 1. The van der Waals surface area contributed by atoms with Crippen molar-refractivity contribution < 1.29 is 4.74 Å². The lowest BCUT2D eigenvalue weighted by Gasteiger charge is -2.33. The maximum atomic E-state index is 6.17. The van der Waals surface area contributed by atoms with E-state index in [1.165, 1.54) is 43.2 Å². The molecule has 1 aliphatic carbocycles. The average Bonchev–Trinajstić information content (AvgIpc) is 2.47. The lowest BCUT2D eigenvalue weighted by Crippen LogP contribution is -2.30. The Bertz CT molecular complexity index is 446.